The van der Waals surface area contributed by atoms with Gasteiger partial charge in [-0.05, 0) is 54.9 Å². The Hall–Kier alpha value is -3.35. The van der Waals surface area contributed by atoms with E-state index in [-0.39, 0.29) is 36.9 Å². The molecule has 1 fully saturated rings. The van der Waals surface area contributed by atoms with Crippen molar-refractivity contribution in [3.8, 4) is 11.1 Å². The SMILES string of the molecule is CC(CCCNC(=O)OCC1c2ccccc2-c2ccccc21)C(=O)N1CC(C(=O)O)CCC1C. The van der Waals surface area contributed by atoms with Crippen LogP contribution in [0.5, 0.6) is 0 Å². The number of carbonyl (C=O) groups is 3. The van der Waals surface area contributed by atoms with Crippen LogP contribution in [0.2, 0.25) is 0 Å². The molecule has 0 radical (unpaired) electrons. The molecule has 4 rings (SSSR count). The lowest BCUT2D eigenvalue weighted by Gasteiger charge is -2.38. The first-order valence-corrected chi connectivity index (χ1v) is 12.5. The number of ether oxygens (including phenoxy) is 1. The molecule has 0 spiro atoms. The Morgan fingerprint density at radius 3 is 2.31 bits per heavy atom. The third-order valence-electron chi connectivity index (χ3n) is 7.36. The maximum atomic E-state index is 12.9. The molecule has 7 heteroatoms. The number of rotatable bonds is 8. The minimum Gasteiger partial charge on any atom is -0.481 e. The van der Waals surface area contributed by atoms with Crippen molar-refractivity contribution in [2.75, 3.05) is 19.7 Å². The lowest BCUT2D eigenvalue weighted by molar-refractivity contribution is -0.148. The fourth-order valence-corrected chi connectivity index (χ4v) is 5.27. The largest absolute Gasteiger partial charge is 0.481 e. The van der Waals surface area contributed by atoms with E-state index in [4.69, 9.17) is 4.74 Å². The number of nitrogens with one attached hydrogen (secondary N) is 1. The van der Waals surface area contributed by atoms with E-state index in [1.165, 1.54) is 22.3 Å². The molecule has 2 amide bonds. The number of piperidine rings is 1. The fourth-order valence-electron chi connectivity index (χ4n) is 5.27. The predicted octanol–water partition coefficient (Wildman–Crippen LogP) is 4.65. The second kappa shape index (κ2) is 10.9. The molecule has 2 N–H and O–H groups in total. The normalized spacial score (nSPS) is 20.0. The summed E-state index contributed by atoms with van der Waals surface area (Å²) in [4.78, 5) is 38.3. The van der Waals surface area contributed by atoms with Gasteiger partial charge in [0.25, 0.3) is 0 Å². The summed E-state index contributed by atoms with van der Waals surface area (Å²) in [5.41, 5.74) is 4.72. The average molecular weight is 479 g/mol. The lowest BCUT2D eigenvalue weighted by Crippen LogP contribution is -2.49. The molecule has 1 aliphatic heterocycles. The Morgan fingerprint density at radius 2 is 1.69 bits per heavy atom. The summed E-state index contributed by atoms with van der Waals surface area (Å²) in [6.07, 6.45) is 2.11. The van der Waals surface area contributed by atoms with Crippen LogP contribution < -0.4 is 5.32 Å². The van der Waals surface area contributed by atoms with Gasteiger partial charge in [-0.1, -0.05) is 55.5 Å². The Balaban J connectivity index is 1.21. The third-order valence-corrected chi connectivity index (χ3v) is 7.36. The van der Waals surface area contributed by atoms with Crippen LogP contribution in [0.1, 0.15) is 56.6 Å². The first-order valence-electron chi connectivity index (χ1n) is 12.5. The summed E-state index contributed by atoms with van der Waals surface area (Å²) in [6, 6.07) is 16.5. The highest BCUT2D eigenvalue weighted by Gasteiger charge is 2.34. The van der Waals surface area contributed by atoms with Gasteiger partial charge in [-0.15, -0.1) is 0 Å². The number of hydrogen-bond acceptors (Lipinski definition) is 4. The maximum absolute atomic E-state index is 12.9. The summed E-state index contributed by atoms with van der Waals surface area (Å²) in [6.45, 7) is 4.81. The van der Waals surface area contributed by atoms with Crippen LogP contribution in [0, 0.1) is 11.8 Å². The van der Waals surface area contributed by atoms with Gasteiger partial charge in [0.15, 0.2) is 0 Å². The zero-order valence-corrected chi connectivity index (χ0v) is 20.4. The summed E-state index contributed by atoms with van der Waals surface area (Å²) in [5.74, 6) is -1.54. The van der Waals surface area contributed by atoms with Crippen molar-refractivity contribution in [1.82, 2.24) is 10.2 Å². The van der Waals surface area contributed by atoms with Crippen molar-refractivity contribution in [1.29, 1.82) is 0 Å². The second-order valence-corrected chi connectivity index (χ2v) is 9.75. The van der Waals surface area contributed by atoms with Crippen LogP contribution in [-0.2, 0) is 14.3 Å². The number of nitrogens with zero attached hydrogens (tertiary/aromatic N) is 1. The monoisotopic (exact) mass is 478 g/mol. The number of alkyl carbamates (subject to hydrolysis) is 1. The molecule has 2 aliphatic rings. The van der Waals surface area contributed by atoms with E-state index in [1.54, 1.807) is 4.90 Å². The van der Waals surface area contributed by atoms with E-state index < -0.39 is 18.0 Å². The Morgan fingerprint density at radius 1 is 1.06 bits per heavy atom. The van der Waals surface area contributed by atoms with Crippen LogP contribution in [0.25, 0.3) is 11.1 Å². The molecular formula is C28H34N2O5. The second-order valence-electron chi connectivity index (χ2n) is 9.75. The van der Waals surface area contributed by atoms with Crippen molar-refractivity contribution in [3.63, 3.8) is 0 Å². The number of fused-ring (bicyclic) bond motifs is 3. The van der Waals surface area contributed by atoms with Crippen molar-refractivity contribution in [2.45, 2.75) is 51.5 Å². The van der Waals surface area contributed by atoms with Crippen LogP contribution in [-0.4, -0.2) is 53.7 Å². The third kappa shape index (κ3) is 5.50. The van der Waals surface area contributed by atoms with Crippen LogP contribution >= 0.6 is 0 Å². The number of likely N-dealkylation sites (tertiary alicyclic amines) is 1. The topological polar surface area (TPSA) is 95.9 Å². The van der Waals surface area contributed by atoms with Crippen molar-refractivity contribution >= 4 is 18.0 Å². The highest BCUT2D eigenvalue weighted by atomic mass is 16.5. The number of benzene rings is 2. The van der Waals surface area contributed by atoms with Gasteiger partial charge in [0.1, 0.15) is 6.61 Å². The van der Waals surface area contributed by atoms with E-state index in [0.717, 1.165) is 0 Å². The molecule has 1 aliphatic carbocycles. The summed E-state index contributed by atoms with van der Waals surface area (Å²) < 4.78 is 5.56. The van der Waals surface area contributed by atoms with Gasteiger partial charge in [-0.25, -0.2) is 4.79 Å². The highest BCUT2D eigenvalue weighted by Crippen LogP contribution is 2.44. The van der Waals surface area contributed by atoms with Gasteiger partial charge < -0.3 is 20.1 Å². The number of hydrogen-bond donors (Lipinski definition) is 2. The summed E-state index contributed by atoms with van der Waals surface area (Å²) in [7, 11) is 0. The first-order chi connectivity index (χ1) is 16.9. The van der Waals surface area contributed by atoms with Crippen molar-refractivity contribution < 1.29 is 24.2 Å². The van der Waals surface area contributed by atoms with E-state index in [9.17, 15) is 19.5 Å². The molecule has 1 saturated heterocycles. The van der Waals surface area contributed by atoms with Gasteiger partial charge in [-0.2, -0.15) is 0 Å². The molecule has 186 valence electrons. The molecule has 2 aromatic carbocycles. The Kier molecular flexibility index (Phi) is 7.73. The smallest absolute Gasteiger partial charge is 0.407 e. The molecule has 3 unspecified atom stereocenters. The standard InChI is InChI=1S/C28H34N2O5/c1-18(26(31)30-16-20(27(32)33)14-13-19(30)2)8-7-15-29-28(34)35-17-25-23-11-5-3-9-21(23)22-10-4-6-12-24(22)25/h3-6,9-12,18-20,25H,7-8,13-17H2,1-2H3,(H,29,34)(H,32,33). The fraction of sp³-hybridized carbons (Fsp3) is 0.464. The maximum Gasteiger partial charge on any atom is 0.407 e. The number of carboxylic acids is 1. The zero-order valence-electron chi connectivity index (χ0n) is 20.4. The number of carboxylic acid groups (broad SMARTS) is 1. The number of carbonyl (C=O) groups excluding carboxylic acids is 2. The minimum atomic E-state index is -0.838. The molecule has 7 nitrogen and oxygen atoms in total. The van der Waals surface area contributed by atoms with Crippen molar-refractivity contribution in [2.24, 2.45) is 11.8 Å². The van der Waals surface area contributed by atoms with Gasteiger partial charge in [0, 0.05) is 31.0 Å². The Bertz CT molecular complexity index is 1040. The molecule has 0 aromatic heterocycles. The van der Waals surface area contributed by atoms with Gasteiger partial charge >= 0.3 is 12.1 Å². The van der Waals surface area contributed by atoms with Crippen LogP contribution in [0.15, 0.2) is 48.5 Å². The molecule has 35 heavy (non-hydrogen) atoms. The van der Waals surface area contributed by atoms with Crippen LogP contribution in [0.3, 0.4) is 0 Å². The molecular weight excluding hydrogens is 444 g/mol. The summed E-state index contributed by atoms with van der Waals surface area (Å²) in [5, 5.41) is 12.1. The van der Waals surface area contributed by atoms with E-state index in [0.29, 0.717) is 32.2 Å². The van der Waals surface area contributed by atoms with Crippen LogP contribution in [0.4, 0.5) is 4.79 Å². The zero-order chi connectivity index (χ0) is 24.9. The molecule has 0 bridgehead atoms. The van der Waals surface area contributed by atoms with Gasteiger partial charge in [-0.3, -0.25) is 9.59 Å². The van der Waals surface area contributed by atoms with Gasteiger partial charge in [0.2, 0.25) is 5.91 Å². The average Bonchev–Trinajstić information content (AvgIpc) is 3.18. The first kappa shape index (κ1) is 24.8. The summed E-state index contributed by atoms with van der Waals surface area (Å²) >= 11 is 0. The predicted molar refractivity (Wildman–Crippen MR) is 133 cm³/mol. The van der Waals surface area contributed by atoms with E-state index >= 15 is 0 Å². The molecule has 3 atom stereocenters. The lowest BCUT2D eigenvalue weighted by atomic mass is 9.91. The number of aliphatic carboxylic acids is 1. The van der Waals surface area contributed by atoms with Gasteiger partial charge in [0.05, 0.1) is 5.92 Å². The highest BCUT2D eigenvalue weighted by molar-refractivity contribution is 5.80. The van der Waals surface area contributed by atoms with E-state index in [2.05, 4.69) is 29.6 Å². The molecule has 2 aromatic rings. The molecule has 1 heterocycles. The van der Waals surface area contributed by atoms with Crippen molar-refractivity contribution in [3.05, 3.63) is 59.7 Å². The number of amides is 2. The molecule has 0 saturated carbocycles. The quantitative estimate of drug-likeness (QED) is 0.539. The Labute approximate surface area is 206 Å². The minimum absolute atomic E-state index is 0.00964. The van der Waals surface area contributed by atoms with E-state index in [1.807, 2.05) is 38.1 Å².